The third kappa shape index (κ3) is 2.90. The number of halogens is 2. The molecule has 0 aliphatic rings. The van der Waals surface area contributed by atoms with Crippen LogP contribution in [0.15, 0.2) is 18.2 Å². The minimum Gasteiger partial charge on any atom is -0.368 e. The van der Waals surface area contributed by atoms with E-state index in [1.807, 2.05) is 13.8 Å². The van der Waals surface area contributed by atoms with Gasteiger partial charge in [-0.15, -0.1) is 10.2 Å². The Balaban J connectivity index is 2.48. The summed E-state index contributed by atoms with van der Waals surface area (Å²) in [5.41, 5.74) is 3.14. The van der Waals surface area contributed by atoms with Gasteiger partial charge >= 0.3 is 0 Å². The zero-order valence-corrected chi connectivity index (χ0v) is 12.6. The Labute approximate surface area is 123 Å². The van der Waals surface area contributed by atoms with Gasteiger partial charge in [-0.2, -0.15) is 0 Å². The van der Waals surface area contributed by atoms with Crippen molar-refractivity contribution in [2.75, 3.05) is 11.9 Å². The van der Waals surface area contributed by atoms with Gasteiger partial charge in [0.2, 0.25) is 0 Å². The van der Waals surface area contributed by atoms with Gasteiger partial charge < -0.3 is 5.32 Å². The molecule has 0 aliphatic carbocycles. The van der Waals surface area contributed by atoms with Crippen molar-refractivity contribution >= 4 is 17.4 Å². The Morgan fingerprint density at radius 3 is 2.65 bits per heavy atom. The number of hydrogen-bond donors (Lipinski definition) is 1. The summed E-state index contributed by atoms with van der Waals surface area (Å²) in [6, 6.07) is 4.25. The maximum atomic E-state index is 13.4. The molecule has 0 bridgehead atoms. The fourth-order valence-electron chi connectivity index (χ4n) is 1.95. The minimum atomic E-state index is -0.337. The van der Waals surface area contributed by atoms with Crippen molar-refractivity contribution in [3.63, 3.8) is 0 Å². The molecule has 20 heavy (non-hydrogen) atoms. The van der Waals surface area contributed by atoms with Crippen molar-refractivity contribution in [3.05, 3.63) is 40.2 Å². The third-order valence-electron chi connectivity index (χ3n) is 3.25. The van der Waals surface area contributed by atoms with E-state index in [9.17, 15) is 4.39 Å². The van der Waals surface area contributed by atoms with Gasteiger partial charge in [-0.05, 0) is 49.6 Å². The summed E-state index contributed by atoms with van der Waals surface area (Å²) >= 11 is 6.13. The summed E-state index contributed by atoms with van der Waals surface area (Å²) in [4.78, 5) is 0. The Morgan fingerprint density at radius 1 is 1.20 bits per heavy atom. The van der Waals surface area contributed by atoms with Crippen LogP contribution >= 0.6 is 11.6 Å². The number of rotatable bonds is 4. The molecule has 1 N–H and O–H groups in total. The molecule has 0 fully saturated rings. The number of nitrogens with zero attached hydrogens (tertiary/aromatic N) is 2. The van der Waals surface area contributed by atoms with Crippen LogP contribution in [0, 0.1) is 19.7 Å². The second-order valence-corrected chi connectivity index (χ2v) is 5.11. The number of anilines is 1. The zero-order valence-electron chi connectivity index (χ0n) is 11.8. The van der Waals surface area contributed by atoms with Crippen molar-refractivity contribution in [3.8, 4) is 11.3 Å². The molecule has 0 saturated heterocycles. The second-order valence-electron chi connectivity index (χ2n) is 4.70. The summed E-state index contributed by atoms with van der Waals surface area (Å²) in [6.07, 6.45) is 1.01. The maximum Gasteiger partial charge on any atom is 0.151 e. The molecular formula is C15H17ClFN3. The smallest absolute Gasteiger partial charge is 0.151 e. The van der Waals surface area contributed by atoms with Gasteiger partial charge in [0.05, 0.1) is 10.7 Å². The first kappa shape index (κ1) is 14.7. The van der Waals surface area contributed by atoms with Gasteiger partial charge in [-0.1, -0.05) is 18.5 Å². The summed E-state index contributed by atoms with van der Waals surface area (Å²) in [5, 5.41) is 12.1. The van der Waals surface area contributed by atoms with E-state index in [1.165, 1.54) is 18.2 Å². The van der Waals surface area contributed by atoms with Crippen molar-refractivity contribution in [1.29, 1.82) is 0 Å². The molecule has 2 rings (SSSR count). The molecule has 0 spiro atoms. The van der Waals surface area contributed by atoms with E-state index < -0.39 is 0 Å². The summed E-state index contributed by atoms with van der Waals surface area (Å²) in [7, 11) is 0. The van der Waals surface area contributed by atoms with E-state index in [4.69, 9.17) is 11.6 Å². The molecular weight excluding hydrogens is 277 g/mol. The molecule has 0 radical (unpaired) electrons. The Kier molecular flexibility index (Phi) is 4.55. The quantitative estimate of drug-likeness (QED) is 0.909. The van der Waals surface area contributed by atoms with Crippen molar-refractivity contribution in [1.82, 2.24) is 10.2 Å². The molecule has 5 heteroatoms. The topological polar surface area (TPSA) is 37.8 Å². The van der Waals surface area contributed by atoms with Crippen molar-refractivity contribution in [2.24, 2.45) is 0 Å². The zero-order chi connectivity index (χ0) is 14.7. The van der Waals surface area contributed by atoms with Gasteiger partial charge in [0, 0.05) is 12.1 Å². The average molecular weight is 294 g/mol. The first-order chi connectivity index (χ1) is 9.54. The predicted molar refractivity (Wildman–Crippen MR) is 80.7 cm³/mol. The Morgan fingerprint density at radius 2 is 1.95 bits per heavy atom. The molecule has 0 aliphatic heterocycles. The second kappa shape index (κ2) is 6.18. The van der Waals surface area contributed by atoms with Crippen LogP contribution < -0.4 is 5.32 Å². The number of benzene rings is 1. The van der Waals surface area contributed by atoms with Crippen LogP contribution in [0.2, 0.25) is 5.02 Å². The molecule has 0 amide bonds. The fraction of sp³-hybridized carbons (Fsp3) is 0.333. The Hall–Kier alpha value is -1.68. The highest BCUT2D eigenvalue weighted by Crippen LogP contribution is 2.31. The van der Waals surface area contributed by atoms with Gasteiger partial charge in [0.1, 0.15) is 5.82 Å². The van der Waals surface area contributed by atoms with E-state index in [0.29, 0.717) is 16.3 Å². The van der Waals surface area contributed by atoms with Crippen LogP contribution in [-0.4, -0.2) is 16.7 Å². The van der Waals surface area contributed by atoms with Crippen molar-refractivity contribution in [2.45, 2.75) is 27.2 Å². The van der Waals surface area contributed by atoms with E-state index in [2.05, 4.69) is 22.4 Å². The number of hydrogen-bond acceptors (Lipinski definition) is 3. The Bertz CT molecular complexity index is 629. The van der Waals surface area contributed by atoms with E-state index >= 15 is 0 Å². The molecule has 1 aromatic carbocycles. The lowest BCUT2D eigenvalue weighted by atomic mass is 10.0. The molecule has 106 valence electrons. The lowest BCUT2D eigenvalue weighted by Gasteiger charge is -2.13. The average Bonchev–Trinajstić information content (AvgIpc) is 2.43. The summed E-state index contributed by atoms with van der Waals surface area (Å²) < 4.78 is 13.4. The molecule has 1 aromatic heterocycles. The van der Waals surface area contributed by atoms with Crippen LogP contribution in [0.1, 0.15) is 24.5 Å². The van der Waals surface area contributed by atoms with Crippen LogP contribution in [0.3, 0.4) is 0 Å². The molecule has 3 nitrogen and oxygen atoms in total. The fourth-order valence-corrected chi connectivity index (χ4v) is 2.16. The van der Waals surface area contributed by atoms with Crippen LogP contribution in [0.25, 0.3) is 11.3 Å². The van der Waals surface area contributed by atoms with Crippen LogP contribution in [0.4, 0.5) is 10.2 Å². The molecule has 0 atom stereocenters. The molecule has 1 heterocycles. The van der Waals surface area contributed by atoms with E-state index in [1.54, 1.807) is 0 Å². The van der Waals surface area contributed by atoms with Gasteiger partial charge in [0.15, 0.2) is 5.82 Å². The lowest BCUT2D eigenvalue weighted by Crippen LogP contribution is -2.07. The number of nitrogens with one attached hydrogen (secondary N) is 1. The maximum absolute atomic E-state index is 13.4. The third-order valence-corrected chi connectivity index (χ3v) is 3.58. The summed E-state index contributed by atoms with van der Waals surface area (Å²) in [5.74, 6) is 0.428. The van der Waals surface area contributed by atoms with E-state index in [-0.39, 0.29) is 5.82 Å². The molecule has 0 unspecified atom stereocenters. The van der Waals surface area contributed by atoms with Crippen LogP contribution in [-0.2, 0) is 0 Å². The van der Waals surface area contributed by atoms with Crippen molar-refractivity contribution < 1.29 is 4.39 Å². The highest BCUT2D eigenvalue weighted by Gasteiger charge is 2.14. The first-order valence-corrected chi connectivity index (χ1v) is 6.95. The minimum absolute atomic E-state index is 0.337. The number of aromatic nitrogens is 2. The normalized spacial score (nSPS) is 10.7. The largest absolute Gasteiger partial charge is 0.368 e. The predicted octanol–water partition coefficient (Wildman–Crippen LogP) is 4.37. The highest BCUT2D eigenvalue weighted by molar-refractivity contribution is 6.33. The van der Waals surface area contributed by atoms with Gasteiger partial charge in [0.25, 0.3) is 0 Å². The lowest BCUT2D eigenvalue weighted by molar-refractivity contribution is 0.628. The standard InChI is InChI=1S/C15H17ClFN3/c1-4-7-18-15-10(3)9(2)14(19-20-15)12-8-11(17)5-6-13(12)16/h5-6,8H,4,7H2,1-3H3,(H,18,20). The highest BCUT2D eigenvalue weighted by atomic mass is 35.5. The molecule has 2 aromatic rings. The van der Waals surface area contributed by atoms with Gasteiger partial charge in [-0.25, -0.2) is 4.39 Å². The van der Waals surface area contributed by atoms with Crippen LogP contribution in [0.5, 0.6) is 0 Å². The van der Waals surface area contributed by atoms with E-state index in [0.717, 1.165) is 29.9 Å². The van der Waals surface area contributed by atoms with Gasteiger partial charge in [-0.3, -0.25) is 0 Å². The monoisotopic (exact) mass is 293 g/mol. The SMILES string of the molecule is CCCNc1nnc(-c2cc(F)ccc2Cl)c(C)c1C. The first-order valence-electron chi connectivity index (χ1n) is 6.57. The summed E-state index contributed by atoms with van der Waals surface area (Å²) in [6.45, 7) is 6.84. The molecule has 0 saturated carbocycles.